The number of fused-ring (bicyclic) bond motifs is 1. The van der Waals surface area contributed by atoms with E-state index in [9.17, 15) is 9.90 Å². The fourth-order valence-corrected chi connectivity index (χ4v) is 3.64. The molecule has 0 bridgehead atoms. The molecule has 2 N–H and O–H groups in total. The molecule has 2 unspecified atom stereocenters. The minimum absolute atomic E-state index is 0.108. The summed E-state index contributed by atoms with van der Waals surface area (Å²) in [6, 6.07) is 8.13. The first kappa shape index (κ1) is 17.7. The largest absolute Gasteiger partial charge is 0.393 e. The second-order valence-electron chi connectivity index (χ2n) is 7.23. The van der Waals surface area contributed by atoms with Crippen molar-refractivity contribution in [2.24, 2.45) is 5.92 Å². The molecular weight excluding hydrogens is 314 g/mol. The van der Waals surface area contributed by atoms with Gasteiger partial charge < -0.3 is 10.4 Å². The number of aromatic nitrogens is 2. The number of carbonyl (C=O) groups is 1. The number of nitrogens with one attached hydrogen (secondary N) is 1. The Labute approximate surface area is 149 Å². The molecule has 2 atom stereocenters. The first-order valence-corrected chi connectivity index (χ1v) is 9.10. The van der Waals surface area contributed by atoms with Crippen LogP contribution in [-0.4, -0.2) is 33.4 Å². The van der Waals surface area contributed by atoms with E-state index in [-0.39, 0.29) is 17.9 Å². The van der Waals surface area contributed by atoms with E-state index in [0.717, 1.165) is 41.8 Å². The number of benzene rings is 1. The second kappa shape index (κ2) is 7.40. The first-order valence-electron chi connectivity index (χ1n) is 9.10. The molecule has 0 fully saturated rings. The lowest BCUT2D eigenvalue weighted by molar-refractivity contribution is 0.0933. The Kier molecular flexibility index (Phi) is 5.23. The van der Waals surface area contributed by atoms with Crippen molar-refractivity contribution in [1.82, 2.24) is 15.1 Å². The van der Waals surface area contributed by atoms with E-state index in [1.165, 1.54) is 0 Å². The van der Waals surface area contributed by atoms with Gasteiger partial charge in [0.25, 0.3) is 5.91 Å². The van der Waals surface area contributed by atoms with Crippen LogP contribution in [0, 0.1) is 12.8 Å². The third kappa shape index (κ3) is 3.76. The van der Waals surface area contributed by atoms with Gasteiger partial charge in [-0.3, -0.25) is 4.79 Å². The van der Waals surface area contributed by atoms with E-state index in [2.05, 4.69) is 23.4 Å². The minimum Gasteiger partial charge on any atom is -0.393 e. The number of aliphatic hydroxyl groups excluding tert-OH is 1. The molecule has 0 aliphatic heterocycles. The van der Waals surface area contributed by atoms with Crippen molar-refractivity contribution in [3.8, 4) is 5.69 Å². The van der Waals surface area contributed by atoms with Crippen LogP contribution in [0.25, 0.3) is 5.69 Å². The second-order valence-corrected chi connectivity index (χ2v) is 7.23. The van der Waals surface area contributed by atoms with Gasteiger partial charge in [0.05, 0.1) is 11.8 Å². The molecule has 25 heavy (non-hydrogen) atoms. The Balaban J connectivity index is 1.82. The third-order valence-electron chi connectivity index (χ3n) is 4.84. The number of rotatable bonds is 6. The molecule has 1 aliphatic rings. The fraction of sp³-hybridized carbons (Fsp3) is 0.500. The zero-order valence-corrected chi connectivity index (χ0v) is 15.2. The highest BCUT2D eigenvalue weighted by atomic mass is 16.3. The zero-order chi connectivity index (χ0) is 18.0. The zero-order valence-electron chi connectivity index (χ0n) is 15.2. The van der Waals surface area contributed by atoms with Gasteiger partial charge in [0.15, 0.2) is 5.69 Å². The number of nitrogens with zero attached hydrogens (tertiary/aromatic N) is 2. The van der Waals surface area contributed by atoms with E-state index >= 15 is 0 Å². The summed E-state index contributed by atoms with van der Waals surface area (Å²) in [6.45, 7) is 6.42. The van der Waals surface area contributed by atoms with Crippen LogP contribution in [-0.2, 0) is 12.8 Å². The highest BCUT2D eigenvalue weighted by Crippen LogP contribution is 2.28. The van der Waals surface area contributed by atoms with Crippen LogP contribution in [0.2, 0.25) is 0 Å². The van der Waals surface area contributed by atoms with Gasteiger partial charge in [-0.2, -0.15) is 5.10 Å². The fourth-order valence-electron chi connectivity index (χ4n) is 3.64. The number of para-hydroxylation sites is 1. The van der Waals surface area contributed by atoms with Crippen LogP contribution in [0.15, 0.2) is 24.3 Å². The minimum atomic E-state index is -0.351. The summed E-state index contributed by atoms with van der Waals surface area (Å²) >= 11 is 0. The molecular formula is C20H27N3O2. The Morgan fingerprint density at radius 3 is 2.80 bits per heavy atom. The van der Waals surface area contributed by atoms with Gasteiger partial charge in [-0.05, 0) is 57.1 Å². The molecule has 0 spiro atoms. The molecule has 0 radical (unpaired) electrons. The van der Waals surface area contributed by atoms with Crippen LogP contribution in [0.4, 0.5) is 0 Å². The van der Waals surface area contributed by atoms with Crippen molar-refractivity contribution < 1.29 is 9.90 Å². The van der Waals surface area contributed by atoms with E-state index < -0.39 is 0 Å². The molecule has 0 saturated heterocycles. The van der Waals surface area contributed by atoms with Gasteiger partial charge in [-0.1, -0.05) is 25.1 Å². The highest BCUT2D eigenvalue weighted by molar-refractivity contribution is 5.94. The molecule has 1 amide bonds. The Morgan fingerprint density at radius 2 is 2.08 bits per heavy atom. The average molecular weight is 341 g/mol. The van der Waals surface area contributed by atoms with Crippen molar-refractivity contribution in [3.63, 3.8) is 0 Å². The van der Waals surface area contributed by atoms with E-state index in [0.29, 0.717) is 18.7 Å². The van der Waals surface area contributed by atoms with Gasteiger partial charge in [-0.15, -0.1) is 0 Å². The predicted octanol–water partition coefficient (Wildman–Crippen LogP) is 2.81. The molecule has 1 heterocycles. The molecule has 0 saturated carbocycles. The number of aryl methyl sites for hydroxylation is 1. The van der Waals surface area contributed by atoms with Crippen LogP contribution in [0.1, 0.15) is 54.0 Å². The van der Waals surface area contributed by atoms with E-state index in [1.54, 1.807) is 6.92 Å². The van der Waals surface area contributed by atoms with Crippen molar-refractivity contribution in [1.29, 1.82) is 0 Å². The molecule has 134 valence electrons. The smallest absolute Gasteiger partial charge is 0.272 e. The molecule has 2 aromatic rings. The van der Waals surface area contributed by atoms with Crippen molar-refractivity contribution in [3.05, 3.63) is 46.8 Å². The van der Waals surface area contributed by atoms with Gasteiger partial charge in [0.2, 0.25) is 0 Å². The Morgan fingerprint density at radius 1 is 1.32 bits per heavy atom. The van der Waals surface area contributed by atoms with Crippen molar-refractivity contribution in [2.45, 2.75) is 52.6 Å². The average Bonchev–Trinajstić information content (AvgIpc) is 3.15. The lowest BCUT2D eigenvalue weighted by atomic mass is 10.0. The van der Waals surface area contributed by atoms with Crippen LogP contribution >= 0.6 is 0 Å². The monoisotopic (exact) mass is 341 g/mol. The summed E-state index contributed by atoms with van der Waals surface area (Å²) < 4.78 is 1.95. The lowest BCUT2D eigenvalue weighted by Crippen LogP contribution is -2.30. The summed E-state index contributed by atoms with van der Waals surface area (Å²) in [4.78, 5) is 12.7. The molecule has 5 heteroatoms. The number of hydrogen-bond donors (Lipinski definition) is 2. The third-order valence-corrected chi connectivity index (χ3v) is 4.84. The standard InChI is InChI=1S/C20H27N3O2/c1-13(11-15(3)24)12-21-20(25)19-16-8-6-10-18(16)23(22-19)17-9-5-4-7-14(17)2/h4-5,7,9,13,15,24H,6,8,10-12H2,1-3H3,(H,21,25). The van der Waals surface area contributed by atoms with Crippen LogP contribution in [0.3, 0.4) is 0 Å². The predicted molar refractivity (Wildman–Crippen MR) is 98.1 cm³/mol. The SMILES string of the molecule is Cc1ccccc1-n1nc(C(=O)NCC(C)CC(C)O)c2c1CCC2. The Bertz CT molecular complexity index is 764. The summed E-state index contributed by atoms with van der Waals surface area (Å²) in [5, 5.41) is 17.1. The lowest BCUT2D eigenvalue weighted by Gasteiger charge is -2.13. The topological polar surface area (TPSA) is 67.2 Å². The summed E-state index contributed by atoms with van der Waals surface area (Å²) in [7, 11) is 0. The maximum atomic E-state index is 12.7. The summed E-state index contributed by atoms with van der Waals surface area (Å²) in [5.41, 5.74) is 5.00. The molecule has 1 aromatic heterocycles. The van der Waals surface area contributed by atoms with Crippen molar-refractivity contribution >= 4 is 5.91 Å². The van der Waals surface area contributed by atoms with Crippen LogP contribution < -0.4 is 5.32 Å². The summed E-state index contributed by atoms with van der Waals surface area (Å²) in [6.07, 6.45) is 3.26. The van der Waals surface area contributed by atoms with Gasteiger partial charge in [-0.25, -0.2) is 4.68 Å². The maximum Gasteiger partial charge on any atom is 0.272 e. The van der Waals surface area contributed by atoms with Crippen molar-refractivity contribution in [2.75, 3.05) is 6.54 Å². The normalized spacial score (nSPS) is 15.7. The number of carbonyl (C=O) groups excluding carboxylic acids is 1. The van der Waals surface area contributed by atoms with E-state index in [1.807, 2.05) is 29.8 Å². The molecule has 1 aromatic carbocycles. The van der Waals surface area contributed by atoms with Gasteiger partial charge in [0, 0.05) is 17.8 Å². The van der Waals surface area contributed by atoms with Gasteiger partial charge in [0.1, 0.15) is 0 Å². The number of hydrogen-bond acceptors (Lipinski definition) is 3. The van der Waals surface area contributed by atoms with Crippen LogP contribution in [0.5, 0.6) is 0 Å². The van der Waals surface area contributed by atoms with E-state index in [4.69, 9.17) is 0 Å². The summed E-state index contributed by atoms with van der Waals surface area (Å²) in [5.74, 6) is 0.123. The highest BCUT2D eigenvalue weighted by Gasteiger charge is 2.27. The first-order chi connectivity index (χ1) is 12.0. The number of aliphatic hydroxyl groups is 1. The molecule has 5 nitrogen and oxygen atoms in total. The van der Waals surface area contributed by atoms with Gasteiger partial charge >= 0.3 is 0 Å². The maximum absolute atomic E-state index is 12.7. The Hall–Kier alpha value is -2.14. The molecule has 1 aliphatic carbocycles. The quantitative estimate of drug-likeness (QED) is 0.849. The number of amides is 1. The molecule has 3 rings (SSSR count).